The molecule has 0 aliphatic rings. The second kappa shape index (κ2) is 7.91. The molecule has 0 radical (unpaired) electrons. The number of sulfonamides is 1. The number of carbonyl (C=O) groups excluding carboxylic acids is 1. The van der Waals surface area contributed by atoms with Crippen LogP contribution in [0.15, 0.2) is 48.5 Å². The van der Waals surface area contributed by atoms with Gasteiger partial charge in [-0.25, -0.2) is 8.42 Å². The minimum Gasteiger partial charge on any atom is -0.324 e. The molecule has 0 aliphatic heterocycles. The van der Waals surface area contributed by atoms with Crippen molar-refractivity contribution in [2.45, 2.75) is 39.7 Å². The molecular weight excluding hydrogens is 348 g/mol. The van der Waals surface area contributed by atoms with Gasteiger partial charge in [-0.15, -0.1) is 0 Å². The fourth-order valence-corrected chi connectivity index (χ4v) is 3.87. The number of carbonyl (C=O) groups is 1. The molecule has 2 aromatic rings. The minimum atomic E-state index is -3.61. The lowest BCUT2D eigenvalue weighted by Crippen LogP contribution is -2.45. The van der Waals surface area contributed by atoms with Gasteiger partial charge in [0.15, 0.2) is 0 Å². The molecule has 0 fully saturated rings. The molecule has 0 saturated heterocycles. The Morgan fingerprint density at radius 2 is 1.50 bits per heavy atom. The zero-order valence-electron chi connectivity index (χ0n) is 15.9. The molecule has 0 unspecified atom stereocenters. The summed E-state index contributed by atoms with van der Waals surface area (Å²) in [5.41, 5.74) is 3.30. The maximum Gasteiger partial charge on any atom is 0.247 e. The molecule has 1 atom stereocenters. The lowest BCUT2D eigenvalue weighted by molar-refractivity contribution is -0.116. The van der Waals surface area contributed by atoms with Gasteiger partial charge >= 0.3 is 0 Å². The zero-order valence-corrected chi connectivity index (χ0v) is 16.7. The van der Waals surface area contributed by atoms with E-state index in [1.165, 1.54) is 5.56 Å². The van der Waals surface area contributed by atoms with Crippen molar-refractivity contribution in [2.75, 3.05) is 15.9 Å². The fraction of sp³-hybridized carbons (Fsp3) is 0.350. The molecule has 0 heterocycles. The van der Waals surface area contributed by atoms with Gasteiger partial charge in [0.05, 0.1) is 11.9 Å². The van der Waals surface area contributed by atoms with Crippen LogP contribution in [0.2, 0.25) is 0 Å². The molecule has 2 rings (SSSR count). The highest BCUT2D eigenvalue weighted by Crippen LogP contribution is 2.23. The van der Waals surface area contributed by atoms with Crippen molar-refractivity contribution in [3.8, 4) is 0 Å². The Bertz CT molecular complexity index is 857. The molecule has 1 amide bonds. The quantitative estimate of drug-likeness (QED) is 0.833. The molecule has 0 aromatic heterocycles. The molecule has 0 aliphatic carbocycles. The number of benzene rings is 2. The first-order valence-electron chi connectivity index (χ1n) is 8.56. The monoisotopic (exact) mass is 374 g/mol. The van der Waals surface area contributed by atoms with Crippen LogP contribution in [0, 0.1) is 6.92 Å². The Labute approximate surface area is 156 Å². The first-order valence-corrected chi connectivity index (χ1v) is 10.4. The van der Waals surface area contributed by atoms with Crippen LogP contribution in [0.3, 0.4) is 0 Å². The van der Waals surface area contributed by atoms with E-state index in [4.69, 9.17) is 0 Å². The molecule has 140 valence electrons. The fourth-order valence-electron chi connectivity index (χ4n) is 2.70. The summed E-state index contributed by atoms with van der Waals surface area (Å²) >= 11 is 0. The number of aryl methyl sites for hydroxylation is 1. The smallest absolute Gasteiger partial charge is 0.247 e. The molecule has 0 bridgehead atoms. The van der Waals surface area contributed by atoms with Crippen molar-refractivity contribution in [1.82, 2.24) is 0 Å². The normalized spacial score (nSPS) is 12.7. The number of rotatable bonds is 6. The van der Waals surface area contributed by atoms with Crippen molar-refractivity contribution < 1.29 is 13.2 Å². The van der Waals surface area contributed by atoms with E-state index in [2.05, 4.69) is 19.2 Å². The van der Waals surface area contributed by atoms with Gasteiger partial charge in [-0.3, -0.25) is 9.10 Å². The molecule has 0 saturated carbocycles. The second-order valence-corrected chi connectivity index (χ2v) is 8.70. The van der Waals surface area contributed by atoms with E-state index in [1.807, 2.05) is 43.3 Å². The van der Waals surface area contributed by atoms with E-state index in [1.54, 1.807) is 19.1 Å². The van der Waals surface area contributed by atoms with Crippen LogP contribution >= 0.6 is 0 Å². The number of nitrogens with one attached hydrogen (secondary N) is 1. The van der Waals surface area contributed by atoms with Crippen LogP contribution in [0.25, 0.3) is 0 Å². The summed E-state index contributed by atoms with van der Waals surface area (Å²) < 4.78 is 25.7. The molecule has 26 heavy (non-hydrogen) atoms. The van der Waals surface area contributed by atoms with E-state index in [0.29, 0.717) is 17.3 Å². The van der Waals surface area contributed by atoms with Gasteiger partial charge < -0.3 is 5.32 Å². The summed E-state index contributed by atoms with van der Waals surface area (Å²) in [4.78, 5) is 12.6. The van der Waals surface area contributed by atoms with Gasteiger partial charge in [-0.2, -0.15) is 0 Å². The average Bonchev–Trinajstić information content (AvgIpc) is 2.56. The highest BCUT2D eigenvalue weighted by atomic mass is 32.2. The van der Waals surface area contributed by atoms with Crippen molar-refractivity contribution >= 4 is 27.3 Å². The Morgan fingerprint density at radius 1 is 0.962 bits per heavy atom. The van der Waals surface area contributed by atoms with Crippen LogP contribution < -0.4 is 9.62 Å². The zero-order chi connectivity index (χ0) is 19.5. The first kappa shape index (κ1) is 20.0. The third kappa shape index (κ3) is 4.85. The second-order valence-electron chi connectivity index (χ2n) is 6.84. The lowest BCUT2D eigenvalue weighted by atomic mass is 10.0. The topological polar surface area (TPSA) is 66.5 Å². The Balaban J connectivity index is 2.23. The third-order valence-electron chi connectivity index (χ3n) is 4.22. The van der Waals surface area contributed by atoms with Crippen molar-refractivity contribution in [2.24, 2.45) is 0 Å². The van der Waals surface area contributed by atoms with Crippen molar-refractivity contribution in [3.05, 3.63) is 59.7 Å². The van der Waals surface area contributed by atoms with E-state index >= 15 is 0 Å². The first-order chi connectivity index (χ1) is 12.1. The number of hydrogen-bond acceptors (Lipinski definition) is 3. The third-order valence-corrected chi connectivity index (χ3v) is 5.46. The van der Waals surface area contributed by atoms with E-state index in [-0.39, 0.29) is 5.91 Å². The molecule has 1 N–H and O–H groups in total. The SMILES string of the molecule is Cc1ccc(N([C@H](C)C(=O)Nc2ccc(C(C)C)cc2)S(C)(=O)=O)cc1. The standard InChI is InChI=1S/C20H26N2O3S/c1-14(2)17-8-10-18(11-9-17)21-20(23)16(4)22(26(5,24)25)19-12-6-15(3)7-13-19/h6-14,16H,1-5H3,(H,21,23)/t16-/m1/s1. The van der Waals surface area contributed by atoms with Crippen molar-refractivity contribution in [1.29, 1.82) is 0 Å². The Kier molecular flexibility index (Phi) is 6.08. The average molecular weight is 375 g/mol. The number of hydrogen-bond donors (Lipinski definition) is 1. The van der Waals surface area contributed by atoms with Crippen LogP contribution in [0.5, 0.6) is 0 Å². The maximum absolute atomic E-state index is 12.6. The predicted octanol–water partition coefficient (Wildman–Crippen LogP) is 3.91. The number of nitrogens with zero attached hydrogens (tertiary/aromatic N) is 1. The highest BCUT2D eigenvalue weighted by Gasteiger charge is 2.29. The summed E-state index contributed by atoms with van der Waals surface area (Å²) in [6.07, 6.45) is 1.11. The largest absolute Gasteiger partial charge is 0.324 e. The van der Waals surface area contributed by atoms with Crippen LogP contribution in [-0.2, 0) is 14.8 Å². The van der Waals surface area contributed by atoms with E-state index < -0.39 is 16.1 Å². The summed E-state index contributed by atoms with van der Waals surface area (Å²) in [5, 5.41) is 2.80. The minimum absolute atomic E-state index is 0.381. The van der Waals surface area contributed by atoms with Crippen LogP contribution in [-0.4, -0.2) is 26.6 Å². The Morgan fingerprint density at radius 3 is 1.96 bits per heavy atom. The van der Waals surface area contributed by atoms with Gasteiger partial charge in [0.1, 0.15) is 6.04 Å². The summed E-state index contributed by atoms with van der Waals surface area (Å²) in [6.45, 7) is 7.70. The van der Waals surface area contributed by atoms with Crippen LogP contribution in [0.4, 0.5) is 11.4 Å². The van der Waals surface area contributed by atoms with Gasteiger partial charge in [0.2, 0.25) is 15.9 Å². The van der Waals surface area contributed by atoms with Gasteiger partial charge in [0, 0.05) is 5.69 Å². The molecule has 2 aromatic carbocycles. The predicted molar refractivity (Wildman–Crippen MR) is 107 cm³/mol. The maximum atomic E-state index is 12.6. The molecule has 0 spiro atoms. The Hall–Kier alpha value is -2.34. The summed E-state index contributed by atoms with van der Waals surface area (Å²) in [6, 6.07) is 13.8. The number of anilines is 2. The molecular formula is C20H26N2O3S. The summed E-state index contributed by atoms with van der Waals surface area (Å²) in [7, 11) is -3.61. The van der Waals surface area contributed by atoms with Gasteiger partial charge in [-0.1, -0.05) is 43.7 Å². The lowest BCUT2D eigenvalue weighted by Gasteiger charge is -2.28. The van der Waals surface area contributed by atoms with E-state index in [9.17, 15) is 13.2 Å². The molecule has 5 nitrogen and oxygen atoms in total. The van der Waals surface area contributed by atoms with Gasteiger partial charge in [0.25, 0.3) is 0 Å². The molecule has 6 heteroatoms. The van der Waals surface area contributed by atoms with E-state index in [0.717, 1.165) is 16.1 Å². The van der Waals surface area contributed by atoms with Crippen molar-refractivity contribution in [3.63, 3.8) is 0 Å². The summed E-state index contributed by atoms with van der Waals surface area (Å²) in [5.74, 6) is 0.0224. The highest BCUT2D eigenvalue weighted by molar-refractivity contribution is 7.92. The number of amides is 1. The van der Waals surface area contributed by atoms with Crippen LogP contribution in [0.1, 0.15) is 37.8 Å². The van der Waals surface area contributed by atoms with Gasteiger partial charge in [-0.05, 0) is 49.6 Å².